The lowest BCUT2D eigenvalue weighted by Crippen LogP contribution is -2.34. The van der Waals surface area contributed by atoms with Crippen LogP contribution in [0.5, 0.6) is 5.75 Å². The molecule has 4 heterocycles. The smallest absolute Gasteiger partial charge is 0.253 e. The van der Waals surface area contributed by atoms with Crippen LogP contribution >= 0.6 is 0 Å². The van der Waals surface area contributed by atoms with Crippen molar-refractivity contribution in [3.8, 4) is 5.75 Å². The summed E-state index contributed by atoms with van der Waals surface area (Å²) in [6, 6.07) is 7.37. The second-order valence-electron chi connectivity index (χ2n) is 8.01. The van der Waals surface area contributed by atoms with Gasteiger partial charge in [0.25, 0.3) is 5.56 Å². The molecule has 0 radical (unpaired) electrons. The van der Waals surface area contributed by atoms with Crippen LogP contribution in [0.1, 0.15) is 43.1 Å². The normalized spacial score (nSPS) is 20.8. The number of benzene rings is 1. The number of ether oxygens (including phenoxy) is 2. The molecule has 0 saturated carbocycles. The maximum Gasteiger partial charge on any atom is 0.253 e. The molecule has 0 amide bonds. The Morgan fingerprint density at radius 3 is 2.90 bits per heavy atom. The van der Waals surface area contributed by atoms with Crippen LogP contribution in [0.3, 0.4) is 0 Å². The van der Waals surface area contributed by atoms with E-state index in [0.717, 1.165) is 56.3 Å². The van der Waals surface area contributed by atoms with Gasteiger partial charge in [0.05, 0.1) is 25.3 Å². The first kappa shape index (κ1) is 19.2. The zero-order valence-corrected chi connectivity index (χ0v) is 17.1. The molecule has 158 valence electrons. The maximum absolute atomic E-state index is 13.2. The largest absolute Gasteiger partial charge is 0.497 e. The van der Waals surface area contributed by atoms with Gasteiger partial charge in [0, 0.05) is 18.2 Å². The Bertz CT molecular complexity index is 1080. The van der Waals surface area contributed by atoms with Crippen LogP contribution in [0.2, 0.25) is 0 Å². The van der Waals surface area contributed by atoms with E-state index in [1.165, 1.54) is 0 Å². The Labute approximate surface area is 174 Å². The predicted octanol–water partition coefficient (Wildman–Crippen LogP) is 1.89. The number of hydrogen-bond donors (Lipinski definition) is 1. The molecular formula is C21H26N6O3. The van der Waals surface area contributed by atoms with Crippen molar-refractivity contribution < 1.29 is 9.47 Å². The summed E-state index contributed by atoms with van der Waals surface area (Å²) in [4.78, 5) is 18.5. The number of aromatic nitrogens is 5. The quantitative estimate of drug-likeness (QED) is 0.663. The van der Waals surface area contributed by atoms with Crippen molar-refractivity contribution in [3.05, 3.63) is 46.0 Å². The summed E-state index contributed by atoms with van der Waals surface area (Å²) in [6.45, 7) is 3.22. The SMILES string of the molecule is COc1ccc2cc([C@H](c3nnnn3C[C@H]3CCCO3)N3CCCC3)c(=O)[nH]c2c1. The van der Waals surface area contributed by atoms with Crippen molar-refractivity contribution in [1.82, 2.24) is 30.1 Å². The van der Waals surface area contributed by atoms with E-state index in [2.05, 4.69) is 25.4 Å². The average molecular weight is 410 g/mol. The molecule has 2 atom stereocenters. The molecule has 5 rings (SSSR count). The van der Waals surface area contributed by atoms with Gasteiger partial charge >= 0.3 is 0 Å². The molecule has 0 bridgehead atoms. The van der Waals surface area contributed by atoms with Gasteiger partial charge in [0.1, 0.15) is 11.8 Å². The number of hydrogen-bond acceptors (Lipinski definition) is 7. The monoisotopic (exact) mass is 410 g/mol. The van der Waals surface area contributed by atoms with Crippen LogP contribution in [0.25, 0.3) is 10.9 Å². The van der Waals surface area contributed by atoms with E-state index in [9.17, 15) is 4.79 Å². The van der Waals surface area contributed by atoms with Crippen molar-refractivity contribution in [3.63, 3.8) is 0 Å². The van der Waals surface area contributed by atoms with Crippen LogP contribution in [-0.2, 0) is 11.3 Å². The van der Waals surface area contributed by atoms with Gasteiger partial charge in [-0.2, -0.15) is 0 Å². The van der Waals surface area contributed by atoms with Gasteiger partial charge in [-0.25, -0.2) is 4.68 Å². The van der Waals surface area contributed by atoms with Crippen LogP contribution in [-0.4, -0.2) is 63.0 Å². The summed E-state index contributed by atoms with van der Waals surface area (Å²) in [5, 5.41) is 13.5. The molecule has 1 N–H and O–H groups in total. The van der Waals surface area contributed by atoms with Crippen molar-refractivity contribution in [1.29, 1.82) is 0 Å². The highest BCUT2D eigenvalue weighted by Gasteiger charge is 2.32. The number of methoxy groups -OCH3 is 1. The molecule has 1 aromatic carbocycles. The molecule has 9 heteroatoms. The number of nitrogens with one attached hydrogen (secondary N) is 1. The van der Waals surface area contributed by atoms with Crippen LogP contribution in [0, 0.1) is 0 Å². The van der Waals surface area contributed by atoms with E-state index in [1.807, 2.05) is 28.9 Å². The minimum atomic E-state index is -0.292. The highest BCUT2D eigenvalue weighted by Crippen LogP contribution is 2.30. The number of pyridine rings is 1. The van der Waals surface area contributed by atoms with E-state index in [4.69, 9.17) is 9.47 Å². The summed E-state index contributed by atoms with van der Waals surface area (Å²) in [5.41, 5.74) is 1.29. The van der Waals surface area contributed by atoms with Gasteiger partial charge in [-0.3, -0.25) is 9.69 Å². The molecule has 2 aliphatic heterocycles. The number of rotatable bonds is 6. The van der Waals surface area contributed by atoms with Crippen LogP contribution in [0.4, 0.5) is 0 Å². The average Bonchev–Trinajstić information content (AvgIpc) is 3.53. The zero-order valence-electron chi connectivity index (χ0n) is 17.1. The molecule has 2 aliphatic rings. The topological polar surface area (TPSA) is 98.2 Å². The third-order valence-corrected chi connectivity index (χ3v) is 6.09. The maximum atomic E-state index is 13.2. The molecule has 9 nitrogen and oxygen atoms in total. The van der Waals surface area contributed by atoms with E-state index >= 15 is 0 Å². The van der Waals surface area contributed by atoms with Gasteiger partial charge < -0.3 is 14.5 Å². The number of nitrogens with zero attached hydrogens (tertiary/aromatic N) is 5. The lowest BCUT2D eigenvalue weighted by atomic mass is 10.0. The van der Waals surface area contributed by atoms with Gasteiger partial charge in [-0.1, -0.05) is 0 Å². The second-order valence-corrected chi connectivity index (χ2v) is 8.01. The first-order valence-corrected chi connectivity index (χ1v) is 10.6. The number of H-pyrrole nitrogens is 1. The minimum absolute atomic E-state index is 0.119. The minimum Gasteiger partial charge on any atom is -0.497 e. The number of aromatic amines is 1. The number of likely N-dealkylation sites (tertiary alicyclic amines) is 1. The van der Waals surface area contributed by atoms with Gasteiger partial charge in [0.15, 0.2) is 5.82 Å². The van der Waals surface area contributed by atoms with Crippen molar-refractivity contribution in [2.45, 2.75) is 44.4 Å². The van der Waals surface area contributed by atoms with Crippen LogP contribution in [0.15, 0.2) is 29.1 Å². The fourth-order valence-corrected chi connectivity index (χ4v) is 4.54. The van der Waals surface area contributed by atoms with E-state index < -0.39 is 0 Å². The van der Waals surface area contributed by atoms with Crippen LogP contribution < -0.4 is 10.3 Å². The Balaban J connectivity index is 1.58. The molecular weight excluding hydrogens is 384 g/mol. The third-order valence-electron chi connectivity index (χ3n) is 6.09. The summed E-state index contributed by atoms with van der Waals surface area (Å²) >= 11 is 0. The van der Waals surface area contributed by atoms with Crippen molar-refractivity contribution in [2.24, 2.45) is 0 Å². The molecule has 2 saturated heterocycles. The lowest BCUT2D eigenvalue weighted by Gasteiger charge is -2.27. The summed E-state index contributed by atoms with van der Waals surface area (Å²) in [5.74, 6) is 1.41. The van der Waals surface area contributed by atoms with Crippen molar-refractivity contribution in [2.75, 3.05) is 26.8 Å². The summed E-state index contributed by atoms with van der Waals surface area (Å²) in [6.07, 6.45) is 4.39. The number of fused-ring (bicyclic) bond motifs is 1. The summed E-state index contributed by atoms with van der Waals surface area (Å²) in [7, 11) is 1.62. The first-order chi connectivity index (χ1) is 14.7. The highest BCUT2D eigenvalue weighted by molar-refractivity contribution is 5.80. The standard InChI is InChI=1S/C21H26N6O3/c1-29-15-7-6-14-11-17(21(28)22-18(14)12-15)19(26-8-2-3-9-26)20-23-24-25-27(20)13-16-5-4-10-30-16/h6-7,11-12,16,19H,2-5,8-10,13H2,1H3,(H,22,28)/t16-,19-/m1/s1. The molecule has 2 fully saturated rings. The van der Waals surface area contributed by atoms with E-state index in [1.54, 1.807) is 7.11 Å². The lowest BCUT2D eigenvalue weighted by molar-refractivity contribution is 0.0912. The van der Waals surface area contributed by atoms with E-state index in [-0.39, 0.29) is 17.7 Å². The Kier molecular flexibility index (Phi) is 5.22. The first-order valence-electron chi connectivity index (χ1n) is 10.6. The van der Waals surface area contributed by atoms with E-state index in [0.29, 0.717) is 23.7 Å². The van der Waals surface area contributed by atoms with Gasteiger partial charge in [-0.05, 0) is 72.8 Å². The molecule has 30 heavy (non-hydrogen) atoms. The van der Waals surface area contributed by atoms with Gasteiger partial charge in [-0.15, -0.1) is 5.10 Å². The number of tetrazole rings is 1. The second kappa shape index (κ2) is 8.16. The zero-order chi connectivity index (χ0) is 20.5. The Morgan fingerprint density at radius 1 is 1.27 bits per heavy atom. The molecule has 2 aromatic heterocycles. The fraction of sp³-hybridized carbons (Fsp3) is 0.524. The molecule has 3 aromatic rings. The van der Waals surface area contributed by atoms with Gasteiger partial charge in [0.2, 0.25) is 0 Å². The van der Waals surface area contributed by atoms with Crippen molar-refractivity contribution >= 4 is 10.9 Å². The molecule has 0 spiro atoms. The Hall–Kier alpha value is -2.78. The molecule has 0 unspecified atom stereocenters. The fourth-order valence-electron chi connectivity index (χ4n) is 4.54. The Morgan fingerprint density at radius 2 is 2.13 bits per heavy atom. The molecule has 0 aliphatic carbocycles. The third kappa shape index (κ3) is 3.59. The highest BCUT2D eigenvalue weighted by atomic mass is 16.5. The summed E-state index contributed by atoms with van der Waals surface area (Å²) < 4.78 is 12.9. The predicted molar refractivity (Wildman–Crippen MR) is 111 cm³/mol.